The van der Waals surface area contributed by atoms with Gasteiger partial charge in [-0.3, -0.25) is 9.48 Å². The lowest BCUT2D eigenvalue weighted by Gasteiger charge is -2.23. The Balaban J connectivity index is 1.90. The van der Waals surface area contributed by atoms with E-state index in [9.17, 15) is 9.59 Å². The van der Waals surface area contributed by atoms with Crippen molar-refractivity contribution in [2.75, 3.05) is 20.3 Å². The molecular weight excluding hydrogens is 334 g/mol. The molecule has 2 heterocycles. The molecule has 1 fully saturated rings. The minimum atomic E-state index is -0.458. The summed E-state index contributed by atoms with van der Waals surface area (Å²) in [6.45, 7) is 3.17. The maximum absolute atomic E-state index is 12.6. The fraction of sp³-hybridized carbons (Fsp3) is 0.421. The van der Waals surface area contributed by atoms with Crippen molar-refractivity contribution in [3.63, 3.8) is 0 Å². The van der Waals surface area contributed by atoms with Crippen LogP contribution < -0.4 is 5.32 Å². The van der Waals surface area contributed by atoms with Crippen LogP contribution in [-0.4, -0.2) is 48.0 Å². The lowest BCUT2D eigenvalue weighted by Crippen LogP contribution is -2.38. The van der Waals surface area contributed by atoms with Crippen molar-refractivity contribution in [2.45, 2.75) is 25.8 Å². The van der Waals surface area contributed by atoms with Crippen LogP contribution in [-0.2, 0) is 16.5 Å². The first-order valence-electron chi connectivity index (χ1n) is 8.62. The lowest BCUT2D eigenvalue weighted by molar-refractivity contribution is 0.0588. The highest BCUT2D eigenvalue weighted by Gasteiger charge is 2.23. The molecule has 0 spiro atoms. The molecule has 0 radical (unpaired) electrons. The third-order valence-electron chi connectivity index (χ3n) is 4.57. The van der Waals surface area contributed by atoms with Crippen molar-refractivity contribution < 1.29 is 19.1 Å². The van der Waals surface area contributed by atoms with E-state index in [4.69, 9.17) is 9.47 Å². The van der Waals surface area contributed by atoms with E-state index >= 15 is 0 Å². The number of carbonyl (C=O) groups excluding carboxylic acids is 2. The van der Waals surface area contributed by atoms with Gasteiger partial charge in [-0.15, -0.1) is 0 Å². The van der Waals surface area contributed by atoms with Crippen LogP contribution in [0.3, 0.4) is 0 Å². The Morgan fingerprint density at radius 3 is 2.73 bits per heavy atom. The van der Waals surface area contributed by atoms with Gasteiger partial charge in [-0.1, -0.05) is 12.1 Å². The molecule has 7 nitrogen and oxygen atoms in total. The van der Waals surface area contributed by atoms with E-state index in [-0.39, 0.29) is 11.9 Å². The van der Waals surface area contributed by atoms with Crippen molar-refractivity contribution in [1.82, 2.24) is 15.1 Å². The molecule has 1 aromatic carbocycles. The van der Waals surface area contributed by atoms with Crippen LogP contribution in [0.15, 0.2) is 24.3 Å². The molecule has 0 saturated carbocycles. The van der Waals surface area contributed by atoms with Crippen LogP contribution in [0.1, 0.15) is 39.4 Å². The van der Waals surface area contributed by atoms with E-state index in [2.05, 4.69) is 10.4 Å². The number of aromatic nitrogens is 2. The van der Waals surface area contributed by atoms with Gasteiger partial charge in [0.15, 0.2) is 5.69 Å². The summed E-state index contributed by atoms with van der Waals surface area (Å²) in [6, 6.07) is 7.35. The zero-order chi connectivity index (χ0) is 18.7. The zero-order valence-corrected chi connectivity index (χ0v) is 15.2. The Labute approximate surface area is 152 Å². The van der Waals surface area contributed by atoms with Gasteiger partial charge in [0.05, 0.1) is 12.8 Å². The van der Waals surface area contributed by atoms with Crippen LogP contribution >= 0.6 is 0 Å². The molecule has 0 bridgehead atoms. The number of amides is 1. The fourth-order valence-corrected chi connectivity index (χ4v) is 3.26. The van der Waals surface area contributed by atoms with Crippen molar-refractivity contribution in [2.24, 2.45) is 7.05 Å². The largest absolute Gasteiger partial charge is 0.464 e. The quantitative estimate of drug-likeness (QED) is 0.847. The molecule has 3 rings (SSSR count). The van der Waals surface area contributed by atoms with E-state index in [0.29, 0.717) is 35.7 Å². The number of nitrogens with zero attached hydrogens (tertiary/aromatic N) is 2. The van der Waals surface area contributed by atoms with Gasteiger partial charge in [-0.25, -0.2) is 4.79 Å². The van der Waals surface area contributed by atoms with Gasteiger partial charge in [-0.2, -0.15) is 5.10 Å². The van der Waals surface area contributed by atoms with Gasteiger partial charge in [0.1, 0.15) is 0 Å². The molecule has 7 heteroatoms. The normalized spacial score (nSPS) is 14.9. The molecule has 1 aromatic heterocycles. The van der Waals surface area contributed by atoms with Crippen molar-refractivity contribution in [1.29, 1.82) is 0 Å². The minimum absolute atomic E-state index is 0.125. The summed E-state index contributed by atoms with van der Waals surface area (Å²) in [5, 5.41) is 7.38. The van der Waals surface area contributed by atoms with E-state index < -0.39 is 5.97 Å². The highest BCUT2D eigenvalue weighted by Crippen LogP contribution is 2.28. The second-order valence-electron chi connectivity index (χ2n) is 6.37. The van der Waals surface area contributed by atoms with Crippen LogP contribution in [0.5, 0.6) is 0 Å². The van der Waals surface area contributed by atoms with Crippen LogP contribution in [0.2, 0.25) is 0 Å². The molecule has 0 unspecified atom stereocenters. The first kappa shape index (κ1) is 18.1. The maximum Gasteiger partial charge on any atom is 0.356 e. The highest BCUT2D eigenvalue weighted by molar-refractivity contribution is 5.99. The van der Waals surface area contributed by atoms with E-state index in [0.717, 1.165) is 18.4 Å². The van der Waals surface area contributed by atoms with Gasteiger partial charge in [0.2, 0.25) is 0 Å². The van der Waals surface area contributed by atoms with E-state index in [1.54, 1.807) is 19.2 Å². The summed E-state index contributed by atoms with van der Waals surface area (Å²) < 4.78 is 11.7. The molecule has 0 aliphatic carbocycles. The number of ether oxygens (including phenoxy) is 2. The number of benzene rings is 1. The monoisotopic (exact) mass is 357 g/mol. The smallest absolute Gasteiger partial charge is 0.356 e. The summed E-state index contributed by atoms with van der Waals surface area (Å²) in [4.78, 5) is 24.7. The number of hydrogen-bond donors (Lipinski definition) is 1. The van der Waals surface area contributed by atoms with E-state index in [1.165, 1.54) is 11.8 Å². The zero-order valence-electron chi connectivity index (χ0n) is 15.2. The first-order valence-corrected chi connectivity index (χ1v) is 8.62. The molecule has 138 valence electrons. The number of methoxy groups -OCH3 is 1. The molecule has 1 saturated heterocycles. The number of esters is 1. The number of rotatable bonds is 4. The van der Waals surface area contributed by atoms with Gasteiger partial charge < -0.3 is 14.8 Å². The lowest BCUT2D eigenvalue weighted by atomic mass is 10.00. The van der Waals surface area contributed by atoms with Gasteiger partial charge in [-0.05, 0) is 37.5 Å². The Hall–Kier alpha value is -2.67. The average molecular weight is 357 g/mol. The molecule has 26 heavy (non-hydrogen) atoms. The summed E-state index contributed by atoms with van der Waals surface area (Å²) in [6.07, 6.45) is 1.64. The Morgan fingerprint density at radius 1 is 1.31 bits per heavy atom. The van der Waals surface area contributed by atoms with Crippen LogP contribution in [0, 0.1) is 6.92 Å². The van der Waals surface area contributed by atoms with Gasteiger partial charge >= 0.3 is 5.97 Å². The summed E-state index contributed by atoms with van der Waals surface area (Å²) >= 11 is 0. The van der Waals surface area contributed by atoms with Crippen LogP contribution in [0.4, 0.5) is 0 Å². The number of hydrogen-bond acceptors (Lipinski definition) is 5. The molecule has 2 aromatic rings. The topological polar surface area (TPSA) is 82.5 Å². The standard InChI is InChI=1S/C19H23N3O4/c1-12-16(17(19(24)25-3)22(2)21-12)13-5-4-6-14(11-13)18(23)20-15-7-9-26-10-8-15/h4-6,11,15H,7-10H2,1-3H3,(H,20,23). The molecule has 0 atom stereocenters. The third-order valence-corrected chi connectivity index (χ3v) is 4.57. The molecule has 1 amide bonds. The maximum atomic E-state index is 12.6. The summed E-state index contributed by atoms with van der Waals surface area (Å²) in [5.74, 6) is -0.583. The number of aryl methyl sites for hydroxylation is 2. The minimum Gasteiger partial charge on any atom is -0.464 e. The van der Waals surface area contributed by atoms with E-state index in [1.807, 2.05) is 19.1 Å². The SMILES string of the molecule is COC(=O)c1c(-c2cccc(C(=O)NC3CCOCC3)c2)c(C)nn1C. The number of carbonyl (C=O) groups is 2. The van der Waals surface area contributed by atoms with Gasteiger partial charge in [0, 0.05) is 37.4 Å². The Morgan fingerprint density at radius 2 is 2.04 bits per heavy atom. The summed E-state index contributed by atoms with van der Waals surface area (Å²) in [7, 11) is 3.04. The molecule has 1 N–H and O–H groups in total. The van der Waals surface area contributed by atoms with Crippen molar-refractivity contribution in [3.05, 3.63) is 41.2 Å². The average Bonchev–Trinajstić information content (AvgIpc) is 2.96. The van der Waals surface area contributed by atoms with Crippen molar-refractivity contribution in [3.8, 4) is 11.1 Å². The molecule has 1 aliphatic heterocycles. The second kappa shape index (κ2) is 7.70. The van der Waals surface area contributed by atoms with Crippen molar-refractivity contribution >= 4 is 11.9 Å². The van der Waals surface area contributed by atoms with Gasteiger partial charge in [0.25, 0.3) is 5.91 Å². The first-order chi connectivity index (χ1) is 12.5. The Bertz CT molecular complexity index is 822. The molecule has 1 aliphatic rings. The van der Waals surface area contributed by atoms with Crippen LogP contribution in [0.25, 0.3) is 11.1 Å². The third kappa shape index (κ3) is 3.62. The fourth-order valence-electron chi connectivity index (χ4n) is 3.26. The Kier molecular flexibility index (Phi) is 5.37. The predicted molar refractivity (Wildman–Crippen MR) is 96.0 cm³/mol. The summed E-state index contributed by atoms with van der Waals surface area (Å²) in [5.41, 5.74) is 3.06. The second-order valence-corrected chi connectivity index (χ2v) is 6.37. The highest BCUT2D eigenvalue weighted by atomic mass is 16.5. The number of nitrogens with one attached hydrogen (secondary N) is 1. The predicted octanol–water partition coefficient (Wildman–Crippen LogP) is 2.09. The molecular formula is C19H23N3O4.